The first-order chi connectivity index (χ1) is 9.54. The molecule has 1 heterocycles. The molecule has 1 saturated heterocycles. The van der Waals surface area contributed by atoms with E-state index in [0.29, 0.717) is 17.0 Å². The summed E-state index contributed by atoms with van der Waals surface area (Å²) in [7, 11) is 0. The highest BCUT2D eigenvalue weighted by Crippen LogP contribution is 2.29. The van der Waals surface area contributed by atoms with Crippen molar-refractivity contribution in [3.8, 4) is 0 Å². The number of Topliss-reactive ketones (excluding diaryl/α,β-unsaturated/α-hetero) is 1. The highest BCUT2D eigenvalue weighted by atomic mass is 32.2. The molecule has 0 spiro atoms. The van der Waals surface area contributed by atoms with Crippen LogP contribution in [0.3, 0.4) is 0 Å². The fourth-order valence-electron chi connectivity index (χ4n) is 2.05. The molecule has 106 valence electrons. The van der Waals surface area contributed by atoms with Crippen LogP contribution in [0.25, 0.3) is 0 Å². The van der Waals surface area contributed by atoms with Crippen molar-refractivity contribution in [1.29, 1.82) is 0 Å². The molecule has 0 saturated carbocycles. The minimum Gasteiger partial charge on any atom is -0.396 e. The Bertz CT molecular complexity index is 541. The van der Waals surface area contributed by atoms with Crippen LogP contribution in [0.2, 0.25) is 0 Å². The van der Waals surface area contributed by atoms with Gasteiger partial charge in [-0.05, 0) is 31.2 Å². The van der Waals surface area contributed by atoms with Gasteiger partial charge in [0.2, 0.25) is 11.8 Å². The number of thioether (sulfide) groups is 1. The molecule has 5 nitrogen and oxygen atoms in total. The Hall–Kier alpha value is -1.66. The average Bonchev–Trinajstić information content (AvgIpc) is 2.71. The zero-order chi connectivity index (χ0) is 14.7. The number of anilines is 1. The molecule has 1 atom stereocenters. The Morgan fingerprint density at radius 2 is 2.00 bits per heavy atom. The lowest BCUT2D eigenvalue weighted by atomic mass is 10.1. The summed E-state index contributed by atoms with van der Waals surface area (Å²) in [5, 5.41) is 8.35. The smallest absolute Gasteiger partial charge is 0.247 e. The molecule has 1 aromatic rings. The summed E-state index contributed by atoms with van der Waals surface area (Å²) < 4.78 is 0. The molecule has 0 aromatic heterocycles. The van der Waals surface area contributed by atoms with Crippen LogP contribution in [0.5, 0.6) is 0 Å². The molecular formula is C14H15NO4S. The lowest BCUT2D eigenvalue weighted by Gasteiger charge is -2.15. The number of imide groups is 1. The number of carbonyl (C=O) groups is 3. The van der Waals surface area contributed by atoms with Crippen molar-refractivity contribution in [2.75, 3.05) is 17.3 Å². The Morgan fingerprint density at radius 1 is 1.35 bits per heavy atom. The molecule has 1 aromatic carbocycles. The fourth-order valence-corrected chi connectivity index (χ4v) is 2.94. The predicted molar refractivity (Wildman–Crippen MR) is 76.9 cm³/mol. The van der Waals surface area contributed by atoms with E-state index in [0.717, 1.165) is 4.90 Å². The van der Waals surface area contributed by atoms with Gasteiger partial charge in [0.25, 0.3) is 0 Å². The zero-order valence-electron chi connectivity index (χ0n) is 11.0. The maximum Gasteiger partial charge on any atom is 0.247 e. The van der Waals surface area contributed by atoms with Crippen molar-refractivity contribution in [3.63, 3.8) is 0 Å². The van der Waals surface area contributed by atoms with Crippen LogP contribution in [0.4, 0.5) is 5.69 Å². The van der Waals surface area contributed by atoms with E-state index in [4.69, 9.17) is 5.11 Å². The minimum atomic E-state index is -0.429. The number of ketones is 1. The van der Waals surface area contributed by atoms with Gasteiger partial charge in [0.1, 0.15) is 0 Å². The van der Waals surface area contributed by atoms with E-state index in [1.807, 2.05) is 0 Å². The van der Waals surface area contributed by atoms with Gasteiger partial charge in [0.15, 0.2) is 5.78 Å². The molecule has 0 unspecified atom stereocenters. The SMILES string of the molecule is CC(=O)c1ccc(N2C(=O)C[C@@H](SCCO)C2=O)cc1. The van der Waals surface area contributed by atoms with Crippen LogP contribution in [0, 0.1) is 0 Å². The van der Waals surface area contributed by atoms with Gasteiger partial charge in [-0.2, -0.15) is 0 Å². The van der Waals surface area contributed by atoms with Crippen molar-refractivity contribution >= 4 is 35.0 Å². The van der Waals surface area contributed by atoms with Crippen molar-refractivity contribution in [3.05, 3.63) is 29.8 Å². The van der Waals surface area contributed by atoms with E-state index >= 15 is 0 Å². The average molecular weight is 293 g/mol. The second-order valence-electron chi connectivity index (χ2n) is 4.46. The zero-order valence-corrected chi connectivity index (χ0v) is 11.9. The normalized spacial score (nSPS) is 18.7. The van der Waals surface area contributed by atoms with Gasteiger partial charge >= 0.3 is 0 Å². The number of nitrogens with zero attached hydrogens (tertiary/aromatic N) is 1. The van der Waals surface area contributed by atoms with Crippen LogP contribution >= 0.6 is 11.8 Å². The van der Waals surface area contributed by atoms with Crippen LogP contribution in [-0.4, -0.2) is 40.3 Å². The second-order valence-corrected chi connectivity index (χ2v) is 5.77. The van der Waals surface area contributed by atoms with E-state index < -0.39 is 5.25 Å². The Labute approximate surface area is 121 Å². The summed E-state index contributed by atoms with van der Waals surface area (Å²) in [6.45, 7) is 1.44. The molecule has 1 fully saturated rings. The molecule has 0 radical (unpaired) electrons. The monoisotopic (exact) mass is 293 g/mol. The van der Waals surface area contributed by atoms with Crippen LogP contribution < -0.4 is 4.90 Å². The predicted octanol–water partition coefficient (Wildman–Crippen LogP) is 1.25. The van der Waals surface area contributed by atoms with Crippen LogP contribution in [0.1, 0.15) is 23.7 Å². The molecule has 1 aliphatic heterocycles. The van der Waals surface area contributed by atoms with Crippen molar-refractivity contribution in [1.82, 2.24) is 0 Å². The topological polar surface area (TPSA) is 74.7 Å². The van der Waals surface area contributed by atoms with Crippen LogP contribution in [-0.2, 0) is 9.59 Å². The number of hydrogen-bond acceptors (Lipinski definition) is 5. The molecular weight excluding hydrogens is 278 g/mol. The van der Waals surface area contributed by atoms with Gasteiger partial charge in [-0.3, -0.25) is 14.4 Å². The molecule has 0 bridgehead atoms. The third-order valence-electron chi connectivity index (χ3n) is 3.05. The molecule has 1 N–H and O–H groups in total. The Balaban J connectivity index is 2.17. The van der Waals surface area contributed by atoms with E-state index in [2.05, 4.69) is 0 Å². The summed E-state index contributed by atoms with van der Waals surface area (Å²) in [4.78, 5) is 36.5. The van der Waals surface area contributed by atoms with Gasteiger partial charge in [-0.1, -0.05) is 0 Å². The summed E-state index contributed by atoms with van der Waals surface area (Å²) in [6.07, 6.45) is 0.151. The third kappa shape index (κ3) is 2.91. The van der Waals surface area contributed by atoms with Gasteiger partial charge in [-0.25, -0.2) is 4.90 Å². The fraction of sp³-hybridized carbons (Fsp3) is 0.357. The highest BCUT2D eigenvalue weighted by molar-refractivity contribution is 8.00. The molecule has 6 heteroatoms. The highest BCUT2D eigenvalue weighted by Gasteiger charge is 2.39. The summed E-state index contributed by atoms with van der Waals surface area (Å²) in [5.41, 5.74) is 1.02. The number of benzene rings is 1. The first-order valence-electron chi connectivity index (χ1n) is 6.25. The van der Waals surface area contributed by atoms with Crippen molar-refractivity contribution < 1.29 is 19.5 Å². The summed E-state index contributed by atoms with van der Waals surface area (Å²) in [5.74, 6) is -0.141. The van der Waals surface area contributed by atoms with Crippen molar-refractivity contribution in [2.24, 2.45) is 0 Å². The summed E-state index contributed by atoms with van der Waals surface area (Å²) >= 11 is 1.29. The van der Waals surface area contributed by atoms with E-state index in [1.165, 1.54) is 18.7 Å². The van der Waals surface area contributed by atoms with E-state index in [1.54, 1.807) is 24.3 Å². The molecule has 0 aliphatic carbocycles. The second kappa shape index (κ2) is 6.19. The number of rotatable bonds is 5. The van der Waals surface area contributed by atoms with Gasteiger partial charge in [-0.15, -0.1) is 11.8 Å². The number of amides is 2. The molecule has 1 aliphatic rings. The van der Waals surface area contributed by atoms with Gasteiger partial charge < -0.3 is 5.11 Å². The first-order valence-corrected chi connectivity index (χ1v) is 7.29. The standard InChI is InChI=1S/C14H15NO4S/c1-9(17)10-2-4-11(5-3-10)15-13(18)8-12(14(15)19)20-7-6-16/h2-5,12,16H,6-8H2,1H3/t12-/m1/s1. The third-order valence-corrected chi connectivity index (χ3v) is 4.24. The maximum atomic E-state index is 12.2. The van der Waals surface area contributed by atoms with E-state index in [-0.39, 0.29) is 30.6 Å². The first kappa shape index (κ1) is 14.7. The van der Waals surface area contributed by atoms with Crippen molar-refractivity contribution in [2.45, 2.75) is 18.6 Å². The maximum absolute atomic E-state index is 12.2. The Kier molecular flexibility index (Phi) is 4.57. The van der Waals surface area contributed by atoms with Crippen LogP contribution in [0.15, 0.2) is 24.3 Å². The quantitative estimate of drug-likeness (QED) is 0.653. The lowest BCUT2D eigenvalue weighted by Crippen LogP contribution is -2.31. The number of aliphatic hydroxyl groups excluding tert-OH is 1. The largest absolute Gasteiger partial charge is 0.396 e. The van der Waals surface area contributed by atoms with Gasteiger partial charge in [0.05, 0.1) is 17.5 Å². The summed E-state index contributed by atoms with van der Waals surface area (Å²) in [6, 6.07) is 6.41. The molecule has 2 rings (SSSR count). The van der Waals surface area contributed by atoms with Gasteiger partial charge in [0, 0.05) is 17.7 Å². The number of hydrogen-bond donors (Lipinski definition) is 1. The molecule has 20 heavy (non-hydrogen) atoms. The van der Waals surface area contributed by atoms with E-state index in [9.17, 15) is 14.4 Å². The number of aliphatic hydroxyl groups is 1. The minimum absolute atomic E-state index is 0.0179. The number of carbonyl (C=O) groups excluding carboxylic acids is 3. The molecule has 2 amide bonds. The lowest BCUT2D eigenvalue weighted by molar-refractivity contribution is -0.121. The Morgan fingerprint density at radius 3 is 2.55 bits per heavy atom.